The van der Waals surface area contributed by atoms with Gasteiger partial charge in [0.05, 0.1) is 7.11 Å². The molecule has 0 aliphatic heterocycles. The number of para-hydroxylation sites is 2. The van der Waals surface area contributed by atoms with E-state index in [1.165, 1.54) is 5.56 Å². The molecule has 0 amide bonds. The smallest absolute Gasteiger partial charge is 0.169 e. The molecule has 0 fully saturated rings. The molecule has 3 nitrogen and oxygen atoms in total. The third-order valence-electron chi connectivity index (χ3n) is 3.21. The molecule has 0 aliphatic rings. The van der Waals surface area contributed by atoms with Gasteiger partial charge in [-0.15, -0.1) is 0 Å². The number of hydrogen-bond acceptors (Lipinski definition) is 3. The average Bonchev–Trinajstić information content (AvgIpc) is 2.48. The number of rotatable bonds is 6. The zero-order valence-corrected chi connectivity index (χ0v) is 13.1. The predicted octanol–water partition coefficient (Wildman–Crippen LogP) is 4.29. The lowest BCUT2D eigenvalue weighted by Crippen LogP contribution is -2.22. The third-order valence-corrected chi connectivity index (χ3v) is 3.21. The molecule has 1 N–H and O–H groups in total. The number of nitrogens with one attached hydrogen (secondary N) is 1. The fraction of sp³-hybridized carbons (Fsp3) is 0.333. The summed E-state index contributed by atoms with van der Waals surface area (Å²) in [6.07, 6.45) is 0. The normalized spacial score (nSPS) is 10.7. The first kappa shape index (κ1) is 15.4. The van der Waals surface area contributed by atoms with Crippen molar-refractivity contribution in [3.63, 3.8) is 0 Å². The monoisotopic (exact) mass is 285 g/mol. The van der Waals surface area contributed by atoms with E-state index in [0.29, 0.717) is 6.04 Å². The van der Waals surface area contributed by atoms with Crippen LogP contribution in [0, 0.1) is 6.92 Å². The maximum Gasteiger partial charge on any atom is 0.169 e. The van der Waals surface area contributed by atoms with E-state index in [9.17, 15) is 0 Å². The summed E-state index contributed by atoms with van der Waals surface area (Å²) >= 11 is 0. The van der Waals surface area contributed by atoms with Gasteiger partial charge in [0.2, 0.25) is 0 Å². The first-order chi connectivity index (χ1) is 10.1. The van der Waals surface area contributed by atoms with Crippen LogP contribution in [0.4, 0.5) is 0 Å². The largest absolute Gasteiger partial charge is 0.493 e. The van der Waals surface area contributed by atoms with E-state index >= 15 is 0 Å². The molecule has 0 saturated heterocycles. The minimum atomic E-state index is 0.435. The molecule has 0 aliphatic carbocycles. The highest BCUT2D eigenvalue weighted by molar-refractivity contribution is 5.45. The quantitative estimate of drug-likeness (QED) is 0.858. The van der Waals surface area contributed by atoms with Crippen molar-refractivity contribution in [1.82, 2.24) is 5.32 Å². The molecule has 0 heterocycles. The van der Waals surface area contributed by atoms with Gasteiger partial charge in [-0.05, 0) is 25.1 Å². The Morgan fingerprint density at radius 2 is 1.71 bits per heavy atom. The van der Waals surface area contributed by atoms with Gasteiger partial charge in [-0.2, -0.15) is 0 Å². The van der Waals surface area contributed by atoms with Gasteiger partial charge in [-0.1, -0.05) is 43.7 Å². The van der Waals surface area contributed by atoms with E-state index < -0.39 is 0 Å². The van der Waals surface area contributed by atoms with Gasteiger partial charge in [0.1, 0.15) is 5.75 Å². The molecule has 2 rings (SSSR count). The van der Waals surface area contributed by atoms with Crippen LogP contribution in [0.2, 0.25) is 0 Å². The van der Waals surface area contributed by atoms with Crippen molar-refractivity contribution < 1.29 is 9.47 Å². The molecule has 3 heteroatoms. The molecule has 0 saturated carbocycles. The van der Waals surface area contributed by atoms with Crippen molar-refractivity contribution in [3.05, 3.63) is 53.6 Å². The van der Waals surface area contributed by atoms with E-state index in [4.69, 9.17) is 9.47 Å². The van der Waals surface area contributed by atoms with Gasteiger partial charge in [-0.25, -0.2) is 0 Å². The molecule has 0 atom stereocenters. The molecule has 2 aromatic carbocycles. The molecule has 0 unspecified atom stereocenters. The van der Waals surface area contributed by atoms with Crippen LogP contribution in [0.5, 0.6) is 17.2 Å². The van der Waals surface area contributed by atoms with Gasteiger partial charge < -0.3 is 14.8 Å². The van der Waals surface area contributed by atoms with Gasteiger partial charge >= 0.3 is 0 Å². The lowest BCUT2D eigenvalue weighted by atomic mass is 10.1. The fourth-order valence-corrected chi connectivity index (χ4v) is 2.08. The first-order valence-corrected chi connectivity index (χ1v) is 7.24. The molecule has 112 valence electrons. The zero-order valence-electron chi connectivity index (χ0n) is 13.1. The highest BCUT2D eigenvalue weighted by Crippen LogP contribution is 2.33. The Morgan fingerprint density at radius 1 is 1.00 bits per heavy atom. The van der Waals surface area contributed by atoms with Crippen LogP contribution in [0.25, 0.3) is 0 Å². The molecule has 2 aromatic rings. The minimum absolute atomic E-state index is 0.435. The van der Waals surface area contributed by atoms with Crippen molar-refractivity contribution in [3.8, 4) is 17.2 Å². The maximum absolute atomic E-state index is 6.05. The van der Waals surface area contributed by atoms with Crippen LogP contribution in [0.1, 0.15) is 25.0 Å². The lowest BCUT2D eigenvalue weighted by molar-refractivity contribution is 0.377. The summed E-state index contributed by atoms with van der Waals surface area (Å²) in [7, 11) is 1.65. The van der Waals surface area contributed by atoms with Crippen LogP contribution in [0.15, 0.2) is 42.5 Å². The van der Waals surface area contributed by atoms with E-state index in [-0.39, 0.29) is 0 Å². The predicted molar refractivity (Wildman–Crippen MR) is 86.2 cm³/mol. The van der Waals surface area contributed by atoms with Crippen LogP contribution in [0.3, 0.4) is 0 Å². The van der Waals surface area contributed by atoms with Crippen molar-refractivity contribution in [2.75, 3.05) is 7.11 Å². The molecule has 0 radical (unpaired) electrons. The van der Waals surface area contributed by atoms with E-state index in [0.717, 1.165) is 29.4 Å². The maximum atomic E-state index is 6.05. The van der Waals surface area contributed by atoms with Crippen molar-refractivity contribution in [2.24, 2.45) is 0 Å². The molecular weight excluding hydrogens is 262 g/mol. The number of benzene rings is 2. The summed E-state index contributed by atoms with van der Waals surface area (Å²) in [6.45, 7) is 7.14. The standard InChI is InChI=1S/C18H23NO2/c1-13(2)19-12-15-11-14(3)9-10-16(15)21-18-8-6-5-7-17(18)20-4/h5-11,13,19H,12H2,1-4H3. The van der Waals surface area contributed by atoms with Crippen LogP contribution < -0.4 is 14.8 Å². The van der Waals surface area contributed by atoms with Crippen molar-refractivity contribution in [1.29, 1.82) is 0 Å². The molecule has 21 heavy (non-hydrogen) atoms. The fourth-order valence-electron chi connectivity index (χ4n) is 2.08. The Labute approximate surface area is 126 Å². The van der Waals surface area contributed by atoms with Crippen molar-refractivity contribution >= 4 is 0 Å². The number of ether oxygens (including phenoxy) is 2. The Morgan fingerprint density at radius 3 is 2.38 bits per heavy atom. The molecule has 0 aromatic heterocycles. The molecular formula is C18H23NO2. The van der Waals surface area contributed by atoms with Crippen LogP contribution in [-0.2, 0) is 6.54 Å². The van der Waals surface area contributed by atoms with Gasteiger partial charge in [0, 0.05) is 18.2 Å². The lowest BCUT2D eigenvalue weighted by Gasteiger charge is -2.15. The van der Waals surface area contributed by atoms with Gasteiger partial charge in [-0.3, -0.25) is 0 Å². The zero-order chi connectivity index (χ0) is 15.2. The SMILES string of the molecule is COc1ccccc1Oc1ccc(C)cc1CNC(C)C. The summed E-state index contributed by atoms with van der Waals surface area (Å²) in [6, 6.07) is 14.3. The Balaban J connectivity index is 2.26. The van der Waals surface area contributed by atoms with Crippen LogP contribution in [-0.4, -0.2) is 13.2 Å². The number of hydrogen-bond donors (Lipinski definition) is 1. The summed E-state index contributed by atoms with van der Waals surface area (Å²) in [5, 5.41) is 3.43. The van der Waals surface area contributed by atoms with Gasteiger partial charge in [0.15, 0.2) is 11.5 Å². The summed E-state index contributed by atoms with van der Waals surface area (Å²) in [4.78, 5) is 0. The second-order valence-electron chi connectivity index (χ2n) is 5.40. The third kappa shape index (κ3) is 4.23. The second kappa shape index (κ2) is 7.14. The van der Waals surface area contributed by atoms with Crippen LogP contribution >= 0.6 is 0 Å². The second-order valence-corrected chi connectivity index (χ2v) is 5.40. The highest BCUT2D eigenvalue weighted by atomic mass is 16.5. The highest BCUT2D eigenvalue weighted by Gasteiger charge is 2.09. The van der Waals surface area contributed by atoms with Crippen molar-refractivity contribution in [2.45, 2.75) is 33.4 Å². The average molecular weight is 285 g/mol. The van der Waals surface area contributed by atoms with E-state index in [1.807, 2.05) is 30.3 Å². The summed E-state index contributed by atoms with van der Waals surface area (Å²) < 4.78 is 11.4. The Hall–Kier alpha value is -2.00. The summed E-state index contributed by atoms with van der Waals surface area (Å²) in [5.41, 5.74) is 2.37. The van der Waals surface area contributed by atoms with E-state index in [1.54, 1.807) is 7.11 Å². The van der Waals surface area contributed by atoms with E-state index in [2.05, 4.69) is 38.2 Å². The van der Waals surface area contributed by atoms with Gasteiger partial charge in [0.25, 0.3) is 0 Å². The minimum Gasteiger partial charge on any atom is -0.493 e. The number of aryl methyl sites for hydroxylation is 1. The molecule has 0 spiro atoms. The number of methoxy groups -OCH3 is 1. The molecule has 0 bridgehead atoms. The first-order valence-electron chi connectivity index (χ1n) is 7.24. The summed E-state index contributed by atoms with van der Waals surface area (Å²) in [5.74, 6) is 2.33. The topological polar surface area (TPSA) is 30.5 Å². The Bertz CT molecular complexity index is 594. The Kier molecular flexibility index (Phi) is 5.23.